The fourth-order valence-electron chi connectivity index (χ4n) is 1.80. The predicted molar refractivity (Wildman–Crippen MR) is 73.2 cm³/mol. The van der Waals surface area contributed by atoms with Crippen LogP contribution in [-0.2, 0) is 11.7 Å². The molecule has 7 heteroatoms. The summed E-state index contributed by atoms with van der Waals surface area (Å²) >= 11 is 2.92. The lowest BCUT2D eigenvalue weighted by atomic mass is 10.1. The van der Waals surface area contributed by atoms with Gasteiger partial charge in [0.25, 0.3) is 0 Å². The van der Waals surface area contributed by atoms with Crippen LogP contribution in [0.15, 0.2) is 29.0 Å². The lowest BCUT2D eigenvalue weighted by Gasteiger charge is -2.22. The standard InChI is InChI=1S/C13H13BrF3N3/c1-12(2,3)20-7-18-19-11(20)8-4-5-10(14)9(6-8)13(15,16)17/h4-7H,1-3H3. The van der Waals surface area contributed by atoms with Gasteiger partial charge in [0, 0.05) is 15.6 Å². The molecule has 2 rings (SSSR count). The van der Waals surface area contributed by atoms with Crippen molar-refractivity contribution < 1.29 is 13.2 Å². The molecule has 0 radical (unpaired) electrons. The second kappa shape index (κ2) is 4.87. The summed E-state index contributed by atoms with van der Waals surface area (Å²) in [7, 11) is 0. The van der Waals surface area contributed by atoms with Crippen LogP contribution in [0, 0.1) is 0 Å². The molecular weight excluding hydrogens is 335 g/mol. The predicted octanol–water partition coefficient (Wildman–Crippen LogP) is 4.48. The highest BCUT2D eigenvalue weighted by molar-refractivity contribution is 9.10. The Morgan fingerprint density at radius 2 is 1.80 bits per heavy atom. The van der Waals surface area contributed by atoms with Crippen LogP contribution < -0.4 is 0 Å². The van der Waals surface area contributed by atoms with Crippen LogP contribution in [0.4, 0.5) is 13.2 Å². The van der Waals surface area contributed by atoms with Crippen molar-refractivity contribution in [2.24, 2.45) is 0 Å². The first-order chi connectivity index (χ1) is 9.10. The van der Waals surface area contributed by atoms with E-state index in [0.717, 1.165) is 6.07 Å². The number of hydrogen-bond donors (Lipinski definition) is 0. The van der Waals surface area contributed by atoms with Crippen LogP contribution in [0.25, 0.3) is 11.4 Å². The Morgan fingerprint density at radius 1 is 1.15 bits per heavy atom. The maximum atomic E-state index is 12.9. The van der Waals surface area contributed by atoms with Crippen molar-refractivity contribution in [1.82, 2.24) is 14.8 Å². The first-order valence-electron chi connectivity index (χ1n) is 5.88. The highest BCUT2D eigenvalue weighted by atomic mass is 79.9. The fourth-order valence-corrected chi connectivity index (χ4v) is 2.28. The number of aromatic nitrogens is 3. The smallest absolute Gasteiger partial charge is 0.308 e. The molecule has 1 aromatic carbocycles. The SMILES string of the molecule is CC(C)(C)n1cnnc1-c1ccc(Br)c(C(F)(F)F)c1. The fraction of sp³-hybridized carbons (Fsp3) is 0.385. The molecule has 0 amide bonds. The van der Waals surface area contributed by atoms with Crippen LogP contribution in [-0.4, -0.2) is 14.8 Å². The molecule has 3 nitrogen and oxygen atoms in total. The van der Waals surface area contributed by atoms with Gasteiger partial charge in [-0.1, -0.05) is 22.0 Å². The summed E-state index contributed by atoms with van der Waals surface area (Å²) < 4.78 is 40.6. The molecule has 2 aromatic rings. The van der Waals surface area contributed by atoms with Crippen LogP contribution in [0.3, 0.4) is 0 Å². The first kappa shape index (κ1) is 15.0. The largest absolute Gasteiger partial charge is 0.417 e. The zero-order valence-electron chi connectivity index (χ0n) is 11.2. The van der Waals surface area contributed by atoms with E-state index in [1.807, 2.05) is 20.8 Å². The summed E-state index contributed by atoms with van der Waals surface area (Å²) in [6.07, 6.45) is -2.90. The van der Waals surface area contributed by atoms with Crippen molar-refractivity contribution in [1.29, 1.82) is 0 Å². The van der Waals surface area contributed by atoms with E-state index in [-0.39, 0.29) is 10.0 Å². The first-order valence-corrected chi connectivity index (χ1v) is 6.67. The molecule has 20 heavy (non-hydrogen) atoms. The maximum Gasteiger partial charge on any atom is 0.417 e. The van der Waals surface area contributed by atoms with E-state index in [1.165, 1.54) is 12.4 Å². The summed E-state index contributed by atoms with van der Waals surface area (Å²) in [6, 6.07) is 4.04. The average molecular weight is 348 g/mol. The molecule has 0 saturated heterocycles. The van der Waals surface area contributed by atoms with Crippen molar-refractivity contribution in [2.75, 3.05) is 0 Å². The van der Waals surface area contributed by atoms with Gasteiger partial charge in [-0.25, -0.2) is 0 Å². The third-order valence-corrected chi connectivity index (χ3v) is 3.49. The van der Waals surface area contributed by atoms with E-state index in [2.05, 4.69) is 26.1 Å². The third-order valence-electron chi connectivity index (χ3n) is 2.80. The molecule has 0 aliphatic rings. The van der Waals surface area contributed by atoms with E-state index in [4.69, 9.17) is 0 Å². The quantitative estimate of drug-likeness (QED) is 0.761. The molecule has 0 fully saturated rings. The number of rotatable bonds is 1. The molecule has 0 unspecified atom stereocenters. The highest BCUT2D eigenvalue weighted by Crippen LogP contribution is 2.37. The monoisotopic (exact) mass is 347 g/mol. The van der Waals surface area contributed by atoms with Gasteiger partial charge in [0.15, 0.2) is 5.82 Å². The molecule has 0 aliphatic heterocycles. The topological polar surface area (TPSA) is 30.7 Å². The number of halogens is 4. The Hall–Kier alpha value is -1.37. The van der Waals surface area contributed by atoms with Gasteiger partial charge in [0.2, 0.25) is 0 Å². The second-order valence-electron chi connectivity index (χ2n) is 5.39. The maximum absolute atomic E-state index is 12.9. The Bertz CT molecular complexity index is 627. The minimum Gasteiger partial charge on any atom is -0.308 e. The number of hydrogen-bond acceptors (Lipinski definition) is 2. The van der Waals surface area contributed by atoms with Crippen molar-refractivity contribution >= 4 is 15.9 Å². The summed E-state index contributed by atoms with van der Waals surface area (Å²) in [6.45, 7) is 5.80. The minimum atomic E-state index is -4.42. The van der Waals surface area contributed by atoms with Crippen molar-refractivity contribution in [2.45, 2.75) is 32.5 Å². The minimum absolute atomic E-state index is 0.00979. The number of benzene rings is 1. The Balaban J connectivity index is 2.58. The molecule has 0 spiro atoms. The van der Waals surface area contributed by atoms with Gasteiger partial charge in [0.1, 0.15) is 6.33 Å². The Kier molecular flexibility index (Phi) is 3.66. The Labute approximate surface area is 123 Å². The molecule has 1 heterocycles. The van der Waals surface area contributed by atoms with Crippen LogP contribution in [0.5, 0.6) is 0 Å². The van der Waals surface area contributed by atoms with Crippen molar-refractivity contribution in [3.63, 3.8) is 0 Å². The average Bonchev–Trinajstić information content (AvgIpc) is 2.76. The van der Waals surface area contributed by atoms with Crippen LogP contribution in [0.2, 0.25) is 0 Å². The van der Waals surface area contributed by atoms with E-state index in [0.29, 0.717) is 11.4 Å². The number of alkyl halides is 3. The van der Waals surface area contributed by atoms with Gasteiger partial charge in [-0.3, -0.25) is 0 Å². The summed E-state index contributed by atoms with van der Waals surface area (Å²) in [5.41, 5.74) is -0.656. The van der Waals surface area contributed by atoms with Crippen LogP contribution >= 0.6 is 15.9 Å². The van der Waals surface area contributed by atoms with Gasteiger partial charge < -0.3 is 4.57 Å². The molecule has 0 bridgehead atoms. The Morgan fingerprint density at radius 3 is 2.35 bits per heavy atom. The third kappa shape index (κ3) is 2.87. The van der Waals surface area contributed by atoms with Gasteiger partial charge in [-0.05, 0) is 32.9 Å². The molecule has 0 atom stereocenters. The summed E-state index contributed by atoms with van der Waals surface area (Å²) in [5, 5.41) is 7.74. The molecule has 1 aromatic heterocycles. The molecule has 108 valence electrons. The van der Waals surface area contributed by atoms with Crippen molar-refractivity contribution in [3.05, 3.63) is 34.6 Å². The molecule has 0 N–H and O–H groups in total. The molecule has 0 saturated carbocycles. The summed E-state index contributed by atoms with van der Waals surface area (Å²) in [5.74, 6) is 0.413. The number of nitrogens with zero attached hydrogens (tertiary/aromatic N) is 3. The van der Waals surface area contributed by atoms with Gasteiger partial charge in [-0.15, -0.1) is 10.2 Å². The molecular formula is C13H13BrF3N3. The zero-order chi connectivity index (χ0) is 15.1. The van der Waals surface area contributed by atoms with Crippen molar-refractivity contribution in [3.8, 4) is 11.4 Å². The summed E-state index contributed by atoms with van der Waals surface area (Å²) in [4.78, 5) is 0. The normalized spacial score (nSPS) is 12.8. The van der Waals surface area contributed by atoms with E-state index in [1.54, 1.807) is 10.6 Å². The van der Waals surface area contributed by atoms with Gasteiger partial charge >= 0.3 is 6.18 Å². The van der Waals surface area contributed by atoms with E-state index >= 15 is 0 Å². The van der Waals surface area contributed by atoms with Crippen LogP contribution in [0.1, 0.15) is 26.3 Å². The zero-order valence-corrected chi connectivity index (χ0v) is 12.7. The van der Waals surface area contributed by atoms with E-state index in [9.17, 15) is 13.2 Å². The van der Waals surface area contributed by atoms with E-state index < -0.39 is 11.7 Å². The lowest BCUT2D eigenvalue weighted by Crippen LogP contribution is -2.22. The highest BCUT2D eigenvalue weighted by Gasteiger charge is 2.33. The van der Waals surface area contributed by atoms with Gasteiger partial charge in [0.05, 0.1) is 5.56 Å². The second-order valence-corrected chi connectivity index (χ2v) is 6.24. The molecule has 0 aliphatic carbocycles. The lowest BCUT2D eigenvalue weighted by molar-refractivity contribution is -0.138. The van der Waals surface area contributed by atoms with Gasteiger partial charge in [-0.2, -0.15) is 13.2 Å².